The van der Waals surface area contributed by atoms with Crippen molar-refractivity contribution in [1.82, 2.24) is 10.3 Å². The number of carbonyl (C=O) groups excluding carboxylic acids is 1. The molecule has 0 aliphatic heterocycles. The first-order valence-electron chi connectivity index (χ1n) is 6.14. The molecule has 2 rings (SSSR count). The van der Waals surface area contributed by atoms with Crippen LogP contribution in [0.25, 0.3) is 0 Å². The Labute approximate surface area is 121 Å². The van der Waals surface area contributed by atoms with Gasteiger partial charge < -0.3 is 5.32 Å². The smallest absolute Gasteiger partial charge is 0.251 e. The van der Waals surface area contributed by atoms with Crippen LogP contribution in [-0.4, -0.2) is 10.9 Å². The van der Waals surface area contributed by atoms with Gasteiger partial charge in [0.25, 0.3) is 5.91 Å². The molecule has 0 spiro atoms. The standard InChI is InChI=1S/C14H15ClN2OS/c1-2-3-12-6-11(7-13(15)17-12)14(18)16-8-10-4-5-19-9-10/h4-7,9H,2-3,8H2,1H3,(H,16,18). The third kappa shape index (κ3) is 4.04. The minimum atomic E-state index is -0.118. The first kappa shape index (κ1) is 14.0. The Kier molecular flexibility index (Phi) is 4.93. The lowest BCUT2D eigenvalue weighted by Gasteiger charge is -2.06. The maximum Gasteiger partial charge on any atom is 0.251 e. The van der Waals surface area contributed by atoms with Crippen LogP contribution in [0.5, 0.6) is 0 Å². The fourth-order valence-corrected chi connectivity index (χ4v) is 2.64. The lowest BCUT2D eigenvalue weighted by molar-refractivity contribution is 0.0950. The molecule has 2 aromatic rings. The van der Waals surface area contributed by atoms with Gasteiger partial charge in [-0.2, -0.15) is 11.3 Å². The molecule has 0 aliphatic carbocycles. The van der Waals surface area contributed by atoms with E-state index in [-0.39, 0.29) is 5.91 Å². The minimum Gasteiger partial charge on any atom is -0.348 e. The van der Waals surface area contributed by atoms with Gasteiger partial charge in [0.05, 0.1) is 0 Å². The molecule has 0 fully saturated rings. The van der Waals surface area contributed by atoms with Gasteiger partial charge in [-0.3, -0.25) is 4.79 Å². The van der Waals surface area contributed by atoms with Crippen LogP contribution in [0.3, 0.4) is 0 Å². The van der Waals surface area contributed by atoms with Crippen LogP contribution in [0.2, 0.25) is 5.15 Å². The Morgan fingerprint density at radius 3 is 3.00 bits per heavy atom. The van der Waals surface area contributed by atoms with Crippen LogP contribution < -0.4 is 5.32 Å². The molecule has 2 aromatic heterocycles. The molecule has 1 amide bonds. The second kappa shape index (κ2) is 6.68. The summed E-state index contributed by atoms with van der Waals surface area (Å²) in [4.78, 5) is 16.3. The summed E-state index contributed by atoms with van der Waals surface area (Å²) >= 11 is 7.56. The Hall–Kier alpha value is -1.39. The zero-order valence-corrected chi connectivity index (χ0v) is 12.2. The van der Waals surface area contributed by atoms with Crippen LogP contribution in [0.15, 0.2) is 29.0 Å². The fraction of sp³-hybridized carbons (Fsp3) is 0.286. The van der Waals surface area contributed by atoms with Gasteiger partial charge in [-0.15, -0.1) is 0 Å². The number of hydrogen-bond acceptors (Lipinski definition) is 3. The molecule has 0 saturated heterocycles. The number of hydrogen-bond donors (Lipinski definition) is 1. The molecule has 19 heavy (non-hydrogen) atoms. The van der Waals surface area contributed by atoms with Crippen molar-refractivity contribution in [3.05, 3.63) is 50.9 Å². The van der Waals surface area contributed by atoms with Gasteiger partial charge >= 0.3 is 0 Å². The van der Waals surface area contributed by atoms with Crippen molar-refractivity contribution in [2.45, 2.75) is 26.3 Å². The predicted molar refractivity (Wildman–Crippen MR) is 78.7 cm³/mol. The normalized spacial score (nSPS) is 10.4. The molecular formula is C14H15ClN2OS. The summed E-state index contributed by atoms with van der Waals surface area (Å²) in [6.45, 7) is 2.60. The third-order valence-corrected chi connectivity index (χ3v) is 3.57. The van der Waals surface area contributed by atoms with Crippen LogP contribution in [0.4, 0.5) is 0 Å². The molecule has 0 unspecified atom stereocenters. The van der Waals surface area contributed by atoms with Crippen molar-refractivity contribution in [1.29, 1.82) is 0 Å². The number of nitrogens with zero attached hydrogens (tertiary/aromatic N) is 1. The number of rotatable bonds is 5. The topological polar surface area (TPSA) is 42.0 Å². The summed E-state index contributed by atoms with van der Waals surface area (Å²) < 4.78 is 0. The predicted octanol–water partition coefficient (Wildman–Crippen LogP) is 3.68. The number of aromatic nitrogens is 1. The van der Waals surface area contributed by atoms with Crippen molar-refractivity contribution in [3.63, 3.8) is 0 Å². The monoisotopic (exact) mass is 294 g/mol. The SMILES string of the molecule is CCCc1cc(C(=O)NCc2ccsc2)cc(Cl)n1. The summed E-state index contributed by atoms with van der Waals surface area (Å²) in [5.41, 5.74) is 2.53. The van der Waals surface area contributed by atoms with E-state index in [9.17, 15) is 4.79 Å². The van der Waals surface area contributed by atoms with Crippen molar-refractivity contribution in [2.75, 3.05) is 0 Å². The van der Waals surface area contributed by atoms with Crippen LogP contribution in [-0.2, 0) is 13.0 Å². The second-order valence-corrected chi connectivity index (χ2v) is 5.40. The highest BCUT2D eigenvalue weighted by atomic mass is 35.5. The second-order valence-electron chi connectivity index (χ2n) is 4.23. The molecule has 3 nitrogen and oxygen atoms in total. The number of aryl methyl sites for hydroxylation is 1. The number of carbonyl (C=O) groups is 1. The van der Waals surface area contributed by atoms with E-state index < -0.39 is 0 Å². The van der Waals surface area contributed by atoms with E-state index in [0.29, 0.717) is 17.3 Å². The zero-order valence-electron chi connectivity index (χ0n) is 10.6. The van der Waals surface area contributed by atoms with E-state index >= 15 is 0 Å². The zero-order chi connectivity index (χ0) is 13.7. The van der Waals surface area contributed by atoms with Gasteiger partial charge in [-0.05, 0) is 40.9 Å². The first-order valence-corrected chi connectivity index (χ1v) is 7.47. The molecule has 0 radical (unpaired) electrons. The number of pyridine rings is 1. The highest BCUT2D eigenvalue weighted by molar-refractivity contribution is 7.07. The van der Waals surface area contributed by atoms with Crippen LogP contribution >= 0.6 is 22.9 Å². The molecule has 5 heteroatoms. The highest BCUT2D eigenvalue weighted by Gasteiger charge is 2.09. The van der Waals surface area contributed by atoms with E-state index in [1.165, 1.54) is 0 Å². The maximum atomic E-state index is 12.1. The lowest BCUT2D eigenvalue weighted by atomic mass is 10.1. The molecular weight excluding hydrogens is 280 g/mol. The van der Waals surface area contributed by atoms with Gasteiger partial charge in [0.15, 0.2) is 0 Å². The summed E-state index contributed by atoms with van der Waals surface area (Å²) in [7, 11) is 0. The molecule has 100 valence electrons. The molecule has 0 aliphatic rings. The van der Waals surface area contributed by atoms with Gasteiger partial charge in [-0.25, -0.2) is 4.98 Å². The van der Waals surface area contributed by atoms with Crippen molar-refractivity contribution in [2.24, 2.45) is 0 Å². The maximum absolute atomic E-state index is 12.1. The Morgan fingerprint density at radius 2 is 2.32 bits per heavy atom. The number of amides is 1. The Balaban J connectivity index is 2.05. The van der Waals surface area contributed by atoms with E-state index in [2.05, 4.69) is 17.2 Å². The molecule has 0 saturated carbocycles. The summed E-state index contributed by atoms with van der Waals surface area (Å²) in [6, 6.07) is 5.40. The van der Waals surface area contributed by atoms with Crippen molar-refractivity contribution < 1.29 is 4.79 Å². The highest BCUT2D eigenvalue weighted by Crippen LogP contribution is 2.13. The third-order valence-electron chi connectivity index (χ3n) is 2.65. The number of nitrogens with one attached hydrogen (secondary N) is 1. The number of halogens is 1. The van der Waals surface area contributed by atoms with E-state index in [1.54, 1.807) is 23.5 Å². The van der Waals surface area contributed by atoms with Crippen LogP contribution in [0.1, 0.15) is 35.0 Å². The van der Waals surface area contributed by atoms with E-state index in [1.807, 2.05) is 16.8 Å². The summed E-state index contributed by atoms with van der Waals surface area (Å²) in [6.07, 6.45) is 1.80. The van der Waals surface area contributed by atoms with E-state index in [4.69, 9.17) is 11.6 Å². The molecule has 2 heterocycles. The summed E-state index contributed by atoms with van der Waals surface area (Å²) in [5, 5.41) is 7.25. The van der Waals surface area contributed by atoms with Gasteiger partial charge in [0.2, 0.25) is 0 Å². The Bertz CT molecular complexity index is 555. The lowest BCUT2D eigenvalue weighted by Crippen LogP contribution is -2.22. The average Bonchev–Trinajstić information content (AvgIpc) is 2.88. The largest absolute Gasteiger partial charge is 0.348 e. The molecule has 0 aromatic carbocycles. The van der Waals surface area contributed by atoms with Gasteiger partial charge in [0, 0.05) is 17.8 Å². The minimum absolute atomic E-state index is 0.118. The molecule has 0 atom stereocenters. The Morgan fingerprint density at radius 1 is 1.47 bits per heavy atom. The van der Waals surface area contributed by atoms with Crippen molar-refractivity contribution in [3.8, 4) is 0 Å². The van der Waals surface area contributed by atoms with Gasteiger partial charge in [0.1, 0.15) is 5.15 Å². The van der Waals surface area contributed by atoms with Crippen molar-refractivity contribution >= 4 is 28.8 Å². The molecule has 0 bridgehead atoms. The van der Waals surface area contributed by atoms with Crippen LogP contribution in [0, 0.1) is 0 Å². The number of thiophene rings is 1. The summed E-state index contributed by atoms with van der Waals surface area (Å²) in [5.74, 6) is -0.118. The molecule has 1 N–H and O–H groups in total. The quantitative estimate of drug-likeness (QED) is 0.855. The van der Waals surface area contributed by atoms with E-state index in [0.717, 1.165) is 24.1 Å². The first-order chi connectivity index (χ1) is 9.19. The fourth-order valence-electron chi connectivity index (χ4n) is 1.74. The average molecular weight is 295 g/mol. The van der Waals surface area contributed by atoms with Gasteiger partial charge in [-0.1, -0.05) is 24.9 Å².